The van der Waals surface area contributed by atoms with Crippen molar-refractivity contribution in [2.75, 3.05) is 33.2 Å². The van der Waals surface area contributed by atoms with Gasteiger partial charge in [0.15, 0.2) is 0 Å². The molecule has 5 nitrogen and oxygen atoms in total. The third-order valence-corrected chi connectivity index (χ3v) is 4.41. The number of halogens is 1. The molecule has 1 aliphatic rings. The highest BCUT2D eigenvalue weighted by Gasteiger charge is 2.21. The minimum atomic E-state index is -0.199. The highest BCUT2D eigenvalue weighted by molar-refractivity contribution is 9.10. The number of nitrogens with one attached hydrogen (secondary N) is 1. The van der Waals surface area contributed by atoms with E-state index in [4.69, 9.17) is 0 Å². The largest absolute Gasteiger partial charge is 0.386 e. The van der Waals surface area contributed by atoms with Gasteiger partial charge in [-0.3, -0.25) is 4.79 Å². The highest BCUT2D eigenvalue weighted by Crippen LogP contribution is 2.15. The molecular weight excluding hydrogens is 344 g/mol. The number of nitriles is 1. The Hall–Kier alpha value is -1.84. The molecule has 116 valence electrons. The lowest BCUT2D eigenvalue weighted by Gasteiger charge is -2.32. The van der Waals surface area contributed by atoms with Crippen LogP contribution in [0.15, 0.2) is 40.5 Å². The van der Waals surface area contributed by atoms with Gasteiger partial charge in [-0.2, -0.15) is 5.26 Å². The molecule has 1 aromatic carbocycles. The second kappa shape index (κ2) is 7.97. The van der Waals surface area contributed by atoms with Crippen LogP contribution in [0.3, 0.4) is 0 Å². The van der Waals surface area contributed by atoms with Gasteiger partial charge in [-0.25, -0.2) is 0 Å². The summed E-state index contributed by atoms with van der Waals surface area (Å²) in [5.41, 5.74) is 1.22. The average Bonchev–Trinajstić information content (AvgIpc) is 2.53. The van der Waals surface area contributed by atoms with Crippen LogP contribution in [-0.4, -0.2) is 48.9 Å². The van der Waals surface area contributed by atoms with E-state index < -0.39 is 0 Å². The maximum Gasteiger partial charge on any atom is 0.266 e. The quantitative estimate of drug-likeness (QED) is 0.654. The molecule has 0 saturated carbocycles. The van der Waals surface area contributed by atoms with Crippen molar-refractivity contribution in [1.29, 1.82) is 5.26 Å². The molecule has 1 N–H and O–H groups in total. The van der Waals surface area contributed by atoms with Gasteiger partial charge >= 0.3 is 0 Å². The Balaban J connectivity index is 1.95. The fourth-order valence-corrected chi connectivity index (χ4v) is 2.65. The summed E-state index contributed by atoms with van der Waals surface area (Å²) in [6.45, 7) is 3.57. The number of carbonyl (C=O) groups is 1. The molecule has 0 spiro atoms. The molecule has 0 aromatic heterocycles. The maximum atomic E-state index is 12.3. The van der Waals surface area contributed by atoms with Crippen LogP contribution in [0.4, 0.5) is 0 Å². The molecule has 0 aliphatic carbocycles. The van der Waals surface area contributed by atoms with Crippen molar-refractivity contribution in [2.45, 2.75) is 6.54 Å². The number of hydrogen-bond donors (Lipinski definition) is 1. The van der Waals surface area contributed by atoms with E-state index in [2.05, 4.69) is 26.1 Å². The molecule has 6 heteroatoms. The molecule has 1 amide bonds. The topological polar surface area (TPSA) is 59.4 Å². The Morgan fingerprint density at radius 2 is 2.05 bits per heavy atom. The Morgan fingerprint density at radius 1 is 1.36 bits per heavy atom. The molecule has 1 heterocycles. The van der Waals surface area contributed by atoms with Crippen molar-refractivity contribution in [2.24, 2.45) is 0 Å². The highest BCUT2D eigenvalue weighted by atomic mass is 79.9. The monoisotopic (exact) mass is 362 g/mol. The zero-order valence-corrected chi connectivity index (χ0v) is 14.1. The van der Waals surface area contributed by atoms with E-state index in [1.54, 1.807) is 4.90 Å². The summed E-state index contributed by atoms with van der Waals surface area (Å²) in [5, 5.41) is 12.3. The lowest BCUT2D eigenvalue weighted by Crippen LogP contribution is -2.47. The van der Waals surface area contributed by atoms with E-state index in [-0.39, 0.29) is 11.5 Å². The zero-order valence-electron chi connectivity index (χ0n) is 12.6. The molecule has 1 aliphatic heterocycles. The van der Waals surface area contributed by atoms with Crippen LogP contribution in [0.2, 0.25) is 0 Å². The third-order valence-electron chi connectivity index (χ3n) is 3.64. The van der Waals surface area contributed by atoms with Crippen LogP contribution in [0, 0.1) is 11.3 Å². The Kier molecular flexibility index (Phi) is 5.99. The van der Waals surface area contributed by atoms with Crippen molar-refractivity contribution < 1.29 is 4.79 Å². The van der Waals surface area contributed by atoms with Crippen molar-refractivity contribution in [3.63, 3.8) is 0 Å². The van der Waals surface area contributed by atoms with Crippen LogP contribution in [0.1, 0.15) is 5.56 Å². The lowest BCUT2D eigenvalue weighted by molar-refractivity contribution is -0.128. The average molecular weight is 363 g/mol. The summed E-state index contributed by atoms with van der Waals surface area (Å²) in [6.07, 6.45) is 1.51. The van der Waals surface area contributed by atoms with Crippen molar-refractivity contribution in [1.82, 2.24) is 15.1 Å². The van der Waals surface area contributed by atoms with E-state index in [0.29, 0.717) is 19.6 Å². The zero-order chi connectivity index (χ0) is 15.9. The Bertz CT molecular complexity index is 600. The summed E-state index contributed by atoms with van der Waals surface area (Å²) in [6, 6.07) is 9.83. The molecule has 0 unspecified atom stereocenters. The first-order valence-electron chi connectivity index (χ1n) is 7.16. The smallest absolute Gasteiger partial charge is 0.266 e. The van der Waals surface area contributed by atoms with Gasteiger partial charge in [0, 0.05) is 43.4 Å². The Morgan fingerprint density at radius 3 is 2.68 bits per heavy atom. The minimum absolute atomic E-state index is 0.150. The fraction of sp³-hybridized carbons (Fsp3) is 0.375. The van der Waals surface area contributed by atoms with Crippen LogP contribution in [0.5, 0.6) is 0 Å². The Labute approximate surface area is 139 Å². The summed E-state index contributed by atoms with van der Waals surface area (Å²) < 4.78 is 1.000. The molecule has 0 atom stereocenters. The second-order valence-electron chi connectivity index (χ2n) is 5.24. The number of carbonyl (C=O) groups excluding carboxylic acids is 1. The van der Waals surface area contributed by atoms with Gasteiger partial charge in [0.1, 0.15) is 11.6 Å². The van der Waals surface area contributed by atoms with E-state index in [0.717, 1.165) is 23.1 Å². The first-order valence-corrected chi connectivity index (χ1v) is 7.96. The predicted octanol–water partition coefficient (Wildman–Crippen LogP) is 1.72. The van der Waals surface area contributed by atoms with Crippen LogP contribution in [-0.2, 0) is 11.3 Å². The lowest BCUT2D eigenvalue weighted by atomic mass is 10.2. The van der Waals surface area contributed by atoms with Gasteiger partial charge in [-0.05, 0) is 18.7 Å². The molecule has 1 fully saturated rings. The number of rotatable bonds is 4. The van der Waals surface area contributed by atoms with Gasteiger partial charge < -0.3 is 15.1 Å². The molecule has 0 radical (unpaired) electrons. The number of nitrogens with zero attached hydrogens (tertiary/aromatic N) is 3. The predicted molar refractivity (Wildman–Crippen MR) is 88.8 cm³/mol. The van der Waals surface area contributed by atoms with Crippen molar-refractivity contribution in [3.05, 3.63) is 46.1 Å². The molecule has 2 rings (SSSR count). The summed E-state index contributed by atoms with van der Waals surface area (Å²) in [4.78, 5) is 16.2. The molecular formula is C16H19BrN4O. The number of hydrogen-bond acceptors (Lipinski definition) is 4. The van der Waals surface area contributed by atoms with Crippen molar-refractivity contribution >= 4 is 21.8 Å². The van der Waals surface area contributed by atoms with Crippen molar-refractivity contribution in [3.8, 4) is 6.07 Å². The molecule has 1 saturated heterocycles. The normalized spacial score (nSPS) is 16.2. The van der Waals surface area contributed by atoms with Crippen LogP contribution >= 0.6 is 15.9 Å². The summed E-state index contributed by atoms with van der Waals surface area (Å²) in [5.74, 6) is -0.199. The number of benzene rings is 1. The first kappa shape index (κ1) is 16.5. The van der Waals surface area contributed by atoms with Crippen LogP contribution < -0.4 is 5.32 Å². The van der Waals surface area contributed by atoms with Crippen LogP contribution in [0.25, 0.3) is 0 Å². The number of piperazine rings is 1. The fourth-order valence-electron chi connectivity index (χ4n) is 2.23. The van der Waals surface area contributed by atoms with Gasteiger partial charge in [0.05, 0.1) is 0 Å². The van der Waals surface area contributed by atoms with E-state index >= 15 is 0 Å². The van der Waals surface area contributed by atoms with Gasteiger partial charge in [0.25, 0.3) is 5.91 Å². The summed E-state index contributed by atoms with van der Waals surface area (Å²) in [7, 11) is 2.03. The number of amides is 1. The maximum absolute atomic E-state index is 12.3. The number of likely N-dealkylation sites (N-methyl/N-ethyl adjacent to an activating group) is 1. The minimum Gasteiger partial charge on any atom is -0.386 e. The van der Waals surface area contributed by atoms with Gasteiger partial charge in [0.2, 0.25) is 0 Å². The van der Waals surface area contributed by atoms with E-state index in [9.17, 15) is 10.1 Å². The van der Waals surface area contributed by atoms with Gasteiger partial charge in [-0.1, -0.05) is 34.1 Å². The second-order valence-corrected chi connectivity index (χ2v) is 6.09. The molecule has 1 aromatic rings. The SMILES string of the molecule is CN1CCN(C(=O)/C(C#N)=C\NCc2ccccc2Br)CC1. The molecule has 22 heavy (non-hydrogen) atoms. The first-order chi connectivity index (χ1) is 10.6. The van der Waals surface area contributed by atoms with Gasteiger partial charge in [-0.15, -0.1) is 0 Å². The summed E-state index contributed by atoms with van der Waals surface area (Å²) >= 11 is 3.47. The molecule has 0 bridgehead atoms. The standard InChI is InChI=1S/C16H19BrN4O/c1-20-6-8-21(9-7-20)16(22)14(10-18)12-19-11-13-4-2-3-5-15(13)17/h2-5,12,19H,6-9,11H2,1H3/b14-12-. The van der Waals surface area contributed by atoms with E-state index in [1.807, 2.05) is 37.4 Å². The third kappa shape index (κ3) is 4.33. The van der Waals surface area contributed by atoms with E-state index in [1.165, 1.54) is 6.20 Å².